The molecule has 2 aromatic rings. The Morgan fingerprint density at radius 2 is 1.87 bits per heavy atom. The first kappa shape index (κ1) is 17.1. The van der Waals surface area contributed by atoms with Gasteiger partial charge in [-0.3, -0.25) is 4.79 Å². The van der Waals surface area contributed by atoms with Gasteiger partial charge in [0.25, 0.3) is 0 Å². The minimum Gasteiger partial charge on any atom is -0.322 e. The molecule has 0 aliphatic heterocycles. The van der Waals surface area contributed by atoms with Gasteiger partial charge in [-0.25, -0.2) is 0 Å². The molecule has 0 spiro atoms. The quantitative estimate of drug-likeness (QED) is 0.623. The Morgan fingerprint density at radius 1 is 1.13 bits per heavy atom. The number of halogens is 3. The molecule has 0 fully saturated rings. The summed E-state index contributed by atoms with van der Waals surface area (Å²) in [6, 6.07) is 12.1. The van der Waals surface area contributed by atoms with E-state index in [1.165, 1.54) is 24.3 Å². The lowest BCUT2D eigenvalue weighted by atomic mass is 10.1. The maximum Gasteiger partial charge on any atom is 0.416 e. The van der Waals surface area contributed by atoms with E-state index in [1.807, 2.05) is 24.5 Å². The second kappa shape index (κ2) is 7.37. The van der Waals surface area contributed by atoms with Crippen molar-refractivity contribution < 1.29 is 18.0 Å². The molecule has 0 heterocycles. The van der Waals surface area contributed by atoms with Crippen molar-refractivity contribution >= 4 is 29.4 Å². The summed E-state index contributed by atoms with van der Waals surface area (Å²) in [5.74, 6) is -0.402. The number of amides is 1. The van der Waals surface area contributed by atoms with E-state index >= 15 is 0 Å². The first-order valence-corrected chi connectivity index (χ1v) is 7.91. The summed E-state index contributed by atoms with van der Waals surface area (Å²) in [7, 11) is 0. The molecule has 0 radical (unpaired) electrons. The molecule has 1 amide bonds. The summed E-state index contributed by atoms with van der Waals surface area (Å²) >= 11 is 1.55. The third-order valence-corrected chi connectivity index (χ3v) is 3.70. The van der Waals surface area contributed by atoms with Crippen LogP contribution in [0, 0.1) is 0 Å². The fraction of sp³-hybridized carbons (Fsp3) is 0.118. The Hall–Kier alpha value is -2.21. The maximum atomic E-state index is 12.6. The van der Waals surface area contributed by atoms with Gasteiger partial charge in [-0.15, -0.1) is 11.8 Å². The van der Waals surface area contributed by atoms with E-state index in [0.717, 1.165) is 17.0 Å². The van der Waals surface area contributed by atoms with Crippen LogP contribution in [0.15, 0.2) is 59.5 Å². The van der Waals surface area contributed by atoms with Crippen LogP contribution in [0.1, 0.15) is 11.1 Å². The van der Waals surface area contributed by atoms with Crippen molar-refractivity contribution in [2.24, 2.45) is 0 Å². The SMILES string of the molecule is CSc1cccc(NC(=O)C=Cc2cccc(C(F)(F)F)c2)c1. The summed E-state index contributed by atoms with van der Waals surface area (Å²) in [6.07, 6.45) is 0.0864. The van der Waals surface area contributed by atoms with Crippen molar-refractivity contribution in [1.29, 1.82) is 0 Å². The van der Waals surface area contributed by atoms with Crippen LogP contribution in [0.4, 0.5) is 18.9 Å². The molecule has 0 bridgehead atoms. The molecule has 0 aromatic heterocycles. The third kappa shape index (κ3) is 5.17. The first-order valence-electron chi connectivity index (χ1n) is 6.69. The lowest BCUT2D eigenvalue weighted by Crippen LogP contribution is -2.07. The smallest absolute Gasteiger partial charge is 0.322 e. The van der Waals surface area contributed by atoms with E-state index in [4.69, 9.17) is 0 Å². The Morgan fingerprint density at radius 3 is 2.57 bits per heavy atom. The number of carbonyl (C=O) groups is 1. The van der Waals surface area contributed by atoms with Gasteiger partial charge in [0.1, 0.15) is 0 Å². The number of alkyl halides is 3. The minimum atomic E-state index is -4.40. The molecular weight excluding hydrogens is 323 g/mol. The van der Waals surface area contributed by atoms with Crippen molar-refractivity contribution in [3.63, 3.8) is 0 Å². The Balaban J connectivity index is 2.06. The molecule has 0 unspecified atom stereocenters. The largest absolute Gasteiger partial charge is 0.416 e. The highest BCUT2D eigenvalue weighted by molar-refractivity contribution is 7.98. The zero-order chi connectivity index (χ0) is 16.9. The van der Waals surface area contributed by atoms with E-state index < -0.39 is 17.6 Å². The van der Waals surface area contributed by atoms with Crippen LogP contribution in [0.25, 0.3) is 6.08 Å². The molecule has 6 heteroatoms. The van der Waals surface area contributed by atoms with E-state index in [1.54, 1.807) is 17.8 Å². The van der Waals surface area contributed by atoms with Crippen LogP contribution in [-0.4, -0.2) is 12.2 Å². The van der Waals surface area contributed by atoms with Gasteiger partial charge in [0.05, 0.1) is 5.56 Å². The third-order valence-electron chi connectivity index (χ3n) is 2.98. The van der Waals surface area contributed by atoms with Crippen molar-refractivity contribution in [1.82, 2.24) is 0 Å². The molecule has 23 heavy (non-hydrogen) atoms. The van der Waals surface area contributed by atoms with Gasteiger partial charge < -0.3 is 5.32 Å². The first-order chi connectivity index (χ1) is 10.9. The molecule has 0 saturated heterocycles. The molecule has 1 N–H and O–H groups in total. The zero-order valence-electron chi connectivity index (χ0n) is 12.2. The average molecular weight is 337 g/mol. The Labute approximate surface area is 136 Å². The van der Waals surface area contributed by atoms with Gasteiger partial charge >= 0.3 is 6.18 Å². The second-order valence-corrected chi connectivity index (χ2v) is 5.56. The van der Waals surface area contributed by atoms with Gasteiger partial charge in [-0.05, 0) is 48.2 Å². The Kier molecular flexibility index (Phi) is 5.50. The normalized spacial score (nSPS) is 11.7. The summed E-state index contributed by atoms with van der Waals surface area (Å²) in [4.78, 5) is 12.8. The second-order valence-electron chi connectivity index (χ2n) is 4.68. The van der Waals surface area contributed by atoms with Gasteiger partial charge in [-0.1, -0.05) is 18.2 Å². The highest BCUT2D eigenvalue weighted by atomic mass is 32.2. The molecule has 2 rings (SSSR count). The highest BCUT2D eigenvalue weighted by Gasteiger charge is 2.30. The van der Waals surface area contributed by atoms with Crippen LogP contribution in [0.2, 0.25) is 0 Å². The number of hydrogen-bond donors (Lipinski definition) is 1. The zero-order valence-corrected chi connectivity index (χ0v) is 13.0. The van der Waals surface area contributed by atoms with Gasteiger partial charge in [-0.2, -0.15) is 13.2 Å². The molecule has 2 aromatic carbocycles. The number of nitrogens with one attached hydrogen (secondary N) is 1. The minimum absolute atomic E-state index is 0.313. The molecule has 2 nitrogen and oxygen atoms in total. The van der Waals surface area contributed by atoms with Crippen LogP contribution in [0.3, 0.4) is 0 Å². The molecule has 0 atom stereocenters. The van der Waals surface area contributed by atoms with Crippen LogP contribution >= 0.6 is 11.8 Å². The van der Waals surface area contributed by atoms with Crippen LogP contribution in [-0.2, 0) is 11.0 Å². The predicted molar refractivity (Wildman–Crippen MR) is 87.3 cm³/mol. The van der Waals surface area contributed by atoms with Crippen molar-refractivity contribution in [3.8, 4) is 0 Å². The lowest BCUT2D eigenvalue weighted by molar-refractivity contribution is -0.137. The number of benzene rings is 2. The van der Waals surface area contributed by atoms with Crippen LogP contribution in [0.5, 0.6) is 0 Å². The number of carbonyl (C=O) groups excluding carboxylic acids is 1. The van der Waals surface area contributed by atoms with Gasteiger partial charge in [0.2, 0.25) is 5.91 Å². The molecular formula is C17H14F3NOS. The summed E-state index contributed by atoms with van der Waals surface area (Å²) in [5.41, 5.74) is 0.205. The van der Waals surface area contributed by atoms with Crippen molar-refractivity contribution in [2.75, 3.05) is 11.6 Å². The molecule has 0 saturated carbocycles. The fourth-order valence-electron chi connectivity index (χ4n) is 1.88. The summed E-state index contributed by atoms with van der Waals surface area (Å²) < 4.78 is 37.9. The summed E-state index contributed by atoms with van der Waals surface area (Å²) in [6.45, 7) is 0. The van der Waals surface area contributed by atoms with E-state index in [-0.39, 0.29) is 0 Å². The number of anilines is 1. The van der Waals surface area contributed by atoms with Gasteiger partial charge in [0, 0.05) is 16.7 Å². The molecule has 0 aliphatic carbocycles. The number of hydrogen-bond acceptors (Lipinski definition) is 2. The summed E-state index contributed by atoms with van der Waals surface area (Å²) in [5, 5.41) is 2.67. The number of thioether (sulfide) groups is 1. The van der Waals surface area contributed by atoms with E-state index in [9.17, 15) is 18.0 Å². The Bertz CT molecular complexity index is 726. The van der Waals surface area contributed by atoms with Crippen molar-refractivity contribution in [3.05, 3.63) is 65.7 Å². The molecule has 0 aliphatic rings. The molecule has 120 valence electrons. The van der Waals surface area contributed by atoms with E-state index in [2.05, 4.69) is 5.32 Å². The van der Waals surface area contributed by atoms with Crippen LogP contribution < -0.4 is 5.32 Å². The topological polar surface area (TPSA) is 29.1 Å². The van der Waals surface area contributed by atoms with E-state index in [0.29, 0.717) is 11.3 Å². The lowest BCUT2D eigenvalue weighted by Gasteiger charge is -2.06. The maximum absolute atomic E-state index is 12.6. The standard InChI is InChI=1S/C17H14F3NOS/c1-23-15-7-3-6-14(11-15)21-16(22)9-8-12-4-2-5-13(10-12)17(18,19)20/h2-11H,1H3,(H,21,22). The predicted octanol–water partition coefficient (Wildman–Crippen LogP) is 5.08. The van der Waals surface area contributed by atoms with Crippen molar-refractivity contribution in [2.45, 2.75) is 11.1 Å². The fourth-order valence-corrected chi connectivity index (χ4v) is 2.33. The van der Waals surface area contributed by atoms with Gasteiger partial charge in [0.15, 0.2) is 0 Å². The number of rotatable bonds is 4. The highest BCUT2D eigenvalue weighted by Crippen LogP contribution is 2.29. The average Bonchev–Trinajstić information content (AvgIpc) is 2.52. The monoisotopic (exact) mass is 337 g/mol.